The zero-order valence-corrected chi connectivity index (χ0v) is 11.8. The van der Waals surface area contributed by atoms with Gasteiger partial charge in [-0.2, -0.15) is 0 Å². The Morgan fingerprint density at radius 2 is 1.62 bits per heavy atom. The van der Waals surface area contributed by atoms with Crippen LogP contribution in [0.1, 0.15) is 72.6 Å². The van der Waals surface area contributed by atoms with Crippen LogP contribution in [0.15, 0.2) is 0 Å². The molecule has 98 valence electrons. The molecule has 2 heteroatoms. The lowest BCUT2D eigenvalue weighted by molar-refractivity contribution is 0.266. The van der Waals surface area contributed by atoms with E-state index in [1.807, 2.05) is 0 Å². The molecule has 0 bridgehead atoms. The summed E-state index contributed by atoms with van der Waals surface area (Å²) in [5.74, 6) is 7.29. The molecule has 0 aliphatic carbocycles. The fourth-order valence-electron chi connectivity index (χ4n) is 2.59. The van der Waals surface area contributed by atoms with Crippen LogP contribution in [0.4, 0.5) is 0 Å². The van der Waals surface area contributed by atoms with Crippen molar-refractivity contribution in [3.8, 4) is 0 Å². The number of hydrogen-bond donors (Lipinski definition) is 2. The summed E-state index contributed by atoms with van der Waals surface area (Å²) in [7, 11) is 0. The van der Waals surface area contributed by atoms with Gasteiger partial charge in [0, 0.05) is 6.04 Å². The number of nitrogens with one attached hydrogen (secondary N) is 1. The summed E-state index contributed by atoms with van der Waals surface area (Å²) in [6, 6.07) is 0.511. The van der Waals surface area contributed by atoms with Crippen LogP contribution in [0.5, 0.6) is 0 Å². The lowest BCUT2D eigenvalue weighted by atomic mass is 9.84. The Labute approximate surface area is 102 Å². The summed E-state index contributed by atoms with van der Waals surface area (Å²) >= 11 is 0. The monoisotopic (exact) mass is 228 g/mol. The highest BCUT2D eigenvalue weighted by atomic mass is 15.2. The quantitative estimate of drug-likeness (QED) is 0.440. The van der Waals surface area contributed by atoms with Crippen LogP contribution in [0.2, 0.25) is 0 Å². The van der Waals surface area contributed by atoms with Crippen LogP contribution in [0.3, 0.4) is 0 Å². The number of hydrazine groups is 1. The van der Waals surface area contributed by atoms with E-state index >= 15 is 0 Å². The van der Waals surface area contributed by atoms with Crippen molar-refractivity contribution in [2.75, 3.05) is 0 Å². The van der Waals surface area contributed by atoms with Gasteiger partial charge in [0.15, 0.2) is 0 Å². The Bertz CT molecular complexity index is 144. The predicted octanol–water partition coefficient (Wildman–Crippen LogP) is 3.86. The number of hydrogen-bond acceptors (Lipinski definition) is 2. The Hall–Kier alpha value is -0.0800. The molecule has 0 saturated heterocycles. The highest BCUT2D eigenvalue weighted by Gasteiger charge is 2.20. The first-order valence-corrected chi connectivity index (χ1v) is 7.19. The molecule has 0 aromatic rings. The molecule has 0 spiro atoms. The van der Waals surface area contributed by atoms with Crippen LogP contribution >= 0.6 is 0 Å². The topological polar surface area (TPSA) is 38.0 Å². The molecule has 16 heavy (non-hydrogen) atoms. The van der Waals surface area contributed by atoms with Crippen molar-refractivity contribution in [3.05, 3.63) is 0 Å². The lowest BCUT2D eigenvalue weighted by Gasteiger charge is -2.28. The standard InChI is InChI=1S/C14H32N2/c1-5-9-10-12(6-2)11-14(16-15)13(7-3)8-4/h12-14,16H,5-11,15H2,1-4H3. The molecule has 0 radical (unpaired) electrons. The van der Waals surface area contributed by atoms with Gasteiger partial charge >= 0.3 is 0 Å². The van der Waals surface area contributed by atoms with E-state index in [0.717, 1.165) is 11.8 Å². The van der Waals surface area contributed by atoms with Gasteiger partial charge in [-0.25, -0.2) is 0 Å². The van der Waals surface area contributed by atoms with Crippen molar-refractivity contribution in [3.63, 3.8) is 0 Å². The normalized spacial score (nSPS) is 15.4. The van der Waals surface area contributed by atoms with Crippen LogP contribution in [0.25, 0.3) is 0 Å². The minimum absolute atomic E-state index is 0.511. The van der Waals surface area contributed by atoms with E-state index in [2.05, 4.69) is 33.1 Å². The maximum Gasteiger partial charge on any atom is 0.0241 e. The van der Waals surface area contributed by atoms with Gasteiger partial charge in [0.05, 0.1) is 0 Å². The van der Waals surface area contributed by atoms with E-state index < -0.39 is 0 Å². The minimum Gasteiger partial charge on any atom is -0.271 e. The van der Waals surface area contributed by atoms with Crippen molar-refractivity contribution >= 4 is 0 Å². The molecule has 2 atom stereocenters. The summed E-state index contributed by atoms with van der Waals surface area (Å²) in [5.41, 5.74) is 3.05. The van der Waals surface area contributed by atoms with Gasteiger partial charge in [0.1, 0.15) is 0 Å². The van der Waals surface area contributed by atoms with Gasteiger partial charge in [0.25, 0.3) is 0 Å². The third-order valence-corrected chi connectivity index (χ3v) is 3.96. The Balaban J connectivity index is 4.14. The first-order valence-electron chi connectivity index (χ1n) is 7.19. The van der Waals surface area contributed by atoms with Crippen molar-refractivity contribution in [2.24, 2.45) is 17.7 Å². The third-order valence-electron chi connectivity index (χ3n) is 3.96. The van der Waals surface area contributed by atoms with E-state index in [1.165, 1.54) is 44.9 Å². The summed E-state index contributed by atoms with van der Waals surface area (Å²) < 4.78 is 0. The van der Waals surface area contributed by atoms with Crippen molar-refractivity contribution in [1.82, 2.24) is 5.43 Å². The Kier molecular flexibility index (Phi) is 10.0. The van der Waals surface area contributed by atoms with Crippen molar-refractivity contribution in [2.45, 2.75) is 78.7 Å². The second-order valence-electron chi connectivity index (χ2n) is 5.00. The Morgan fingerprint density at radius 3 is 2.00 bits per heavy atom. The van der Waals surface area contributed by atoms with Crippen LogP contribution in [-0.2, 0) is 0 Å². The van der Waals surface area contributed by atoms with Crippen LogP contribution in [0, 0.1) is 11.8 Å². The molecule has 0 aromatic carbocycles. The lowest BCUT2D eigenvalue weighted by Crippen LogP contribution is -2.41. The summed E-state index contributed by atoms with van der Waals surface area (Å²) in [5, 5.41) is 0. The van der Waals surface area contributed by atoms with Crippen molar-refractivity contribution < 1.29 is 0 Å². The Morgan fingerprint density at radius 1 is 1.00 bits per heavy atom. The van der Waals surface area contributed by atoms with Crippen molar-refractivity contribution in [1.29, 1.82) is 0 Å². The van der Waals surface area contributed by atoms with Gasteiger partial charge in [0.2, 0.25) is 0 Å². The van der Waals surface area contributed by atoms with E-state index in [1.54, 1.807) is 0 Å². The van der Waals surface area contributed by atoms with E-state index in [9.17, 15) is 0 Å². The first-order chi connectivity index (χ1) is 7.73. The SMILES string of the molecule is CCCCC(CC)CC(NN)C(CC)CC. The second kappa shape index (κ2) is 10.1. The molecule has 2 unspecified atom stereocenters. The fraction of sp³-hybridized carbons (Fsp3) is 1.00. The molecule has 3 N–H and O–H groups in total. The third kappa shape index (κ3) is 5.86. The van der Waals surface area contributed by atoms with Gasteiger partial charge in [-0.15, -0.1) is 0 Å². The number of rotatable bonds is 10. The summed E-state index contributed by atoms with van der Waals surface area (Å²) in [4.78, 5) is 0. The zero-order chi connectivity index (χ0) is 12.4. The minimum atomic E-state index is 0.511. The van der Waals surface area contributed by atoms with Gasteiger partial charge in [-0.3, -0.25) is 11.3 Å². The maximum atomic E-state index is 5.71. The highest BCUT2D eigenvalue weighted by molar-refractivity contribution is 4.76. The smallest absolute Gasteiger partial charge is 0.0241 e. The molecule has 0 aromatic heterocycles. The average Bonchev–Trinajstić information content (AvgIpc) is 2.33. The van der Waals surface area contributed by atoms with Gasteiger partial charge < -0.3 is 0 Å². The highest BCUT2D eigenvalue weighted by Crippen LogP contribution is 2.24. The molecule has 0 fully saturated rings. The molecule has 0 aliphatic rings. The van der Waals surface area contributed by atoms with Crippen LogP contribution < -0.4 is 11.3 Å². The molecule has 2 nitrogen and oxygen atoms in total. The molecule has 0 heterocycles. The number of nitrogens with two attached hydrogens (primary N) is 1. The molecule has 0 rings (SSSR count). The fourth-order valence-corrected chi connectivity index (χ4v) is 2.59. The zero-order valence-electron chi connectivity index (χ0n) is 11.8. The first kappa shape index (κ1) is 15.9. The maximum absolute atomic E-state index is 5.71. The molecule has 0 saturated carbocycles. The molecule has 0 amide bonds. The van der Waals surface area contributed by atoms with E-state index in [4.69, 9.17) is 5.84 Å². The number of unbranched alkanes of at least 4 members (excludes halogenated alkanes) is 1. The van der Waals surface area contributed by atoms with Gasteiger partial charge in [-0.1, -0.05) is 66.2 Å². The van der Waals surface area contributed by atoms with Crippen LogP contribution in [-0.4, -0.2) is 6.04 Å². The average molecular weight is 228 g/mol. The molecule has 0 aliphatic heterocycles. The second-order valence-corrected chi connectivity index (χ2v) is 5.00. The largest absolute Gasteiger partial charge is 0.271 e. The summed E-state index contributed by atoms with van der Waals surface area (Å²) in [6.45, 7) is 9.12. The van der Waals surface area contributed by atoms with E-state index in [0.29, 0.717) is 6.04 Å². The predicted molar refractivity (Wildman–Crippen MR) is 73.1 cm³/mol. The molecular weight excluding hydrogens is 196 g/mol. The molecular formula is C14H32N2. The summed E-state index contributed by atoms with van der Waals surface area (Å²) in [6.07, 6.45) is 9.04. The van der Waals surface area contributed by atoms with E-state index in [-0.39, 0.29) is 0 Å². The van der Waals surface area contributed by atoms with Gasteiger partial charge in [-0.05, 0) is 18.3 Å².